The first-order valence-corrected chi connectivity index (χ1v) is 7.95. The summed E-state index contributed by atoms with van der Waals surface area (Å²) >= 11 is 5.95. The normalized spacial score (nSPS) is 16.7. The van der Waals surface area contributed by atoms with Gasteiger partial charge in [-0.25, -0.2) is 0 Å². The molecule has 1 aliphatic rings. The van der Waals surface area contributed by atoms with Gasteiger partial charge in [-0.15, -0.1) is 0 Å². The second kappa shape index (κ2) is 5.21. The van der Waals surface area contributed by atoms with Gasteiger partial charge in [0.15, 0.2) is 5.43 Å². The summed E-state index contributed by atoms with van der Waals surface area (Å²) in [5.74, 6) is -0.164. The lowest BCUT2D eigenvalue weighted by molar-refractivity contribution is 0.0771. The van der Waals surface area contributed by atoms with E-state index < -0.39 is 6.04 Å². The number of hydrogen-bond donors (Lipinski definition) is 0. The van der Waals surface area contributed by atoms with Gasteiger partial charge in [-0.3, -0.25) is 9.59 Å². The van der Waals surface area contributed by atoms with Gasteiger partial charge in [0.1, 0.15) is 5.58 Å². The largest absolute Gasteiger partial charge is 0.450 e. The maximum Gasteiger partial charge on any atom is 0.290 e. The predicted octanol–water partition coefficient (Wildman–Crippen LogP) is 3.93. The second-order valence-corrected chi connectivity index (χ2v) is 6.48. The first-order chi connectivity index (χ1) is 11.5. The number of rotatable bonds is 1. The van der Waals surface area contributed by atoms with Crippen molar-refractivity contribution in [1.29, 1.82) is 0 Å². The van der Waals surface area contributed by atoms with E-state index in [2.05, 4.69) is 0 Å². The number of aryl methyl sites for hydroxylation is 1. The van der Waals surface area contributed by atoms with Crippen LogP contribution in [0.2, 0.25) is 5.02 Å². The minimum Gasteiger partial charge on any atom is -0.450 e. The third kappa shape index (κ3) is 2.07. The number of carbonyl (C=O) groups excluding carboxylic acids is 1. The molecule has 120 valence electrons. The molecule has 0 saturated carbocycles. The summed E-state index contributed by atoms with van der Waals surface area (Å²) in [6.45, 7) is 1.92. The molecule has 0 radical (unpaired) electrons. The van der Waals surface area contributed by atoms with Gasteiger partial charge in [-0.05, 0) is 36.8 Å². The molecule has 0 fully saturated rings. The van der Waals surface area contributed by atoms with Crippen LogP contribution in [0.3, 0.4) is 0 Å². The first-order valence-electron chi connectivity index (χ1n) is 7.57. The molecule has 1 amide bonds. The van der Waals surface area contributed by atoms with E-state index >= 15 is 0 Å². The fourth-order valence-electron chi connectivity index (χ4n) is 3.24. The van der Waals surface area contributed by atoms with Gasteiger partial charge in [-0.2, -0.15) is 0 Å². The summed E-state index contributed by atoms with van der Waals surface area (Å²) < 4.78 is 5.78. The van der Waals surface area contributed by atoms with Crippen LogP contribution in [-0.2, 0) is 0 Å². The van der Waals surface area contributed by atoms with Crippen LogP contribution in [0.5, 0.6) is 0 Å². The molecule has 2 aromatic carbocycles. The van der Waals surface area contributed by atoms with Crippen LogP contribution >= 0.6 is 11.6 Å². The SMILES string of the molecule is Cc1ccc2oc3c(c(=O)c2c1)[C@H](c1ccc(Cl)cc1)N(C)C3=O. The van der Waals surface area contributed by atoms with E-state index in [1.807, 2.05) is 25.1 Å². The Balaban J connectivity index is 2.03. The monoisotopic (exact) mass is 339 g/mol. The molecule has 0 N–H and O–H groups in total. The highest BCUT2D eigenvalue weighted by molar-refractivity contribution is 6.30. The molecule has 1 aliphatic heterocycles. The highest BCUT2D eigenvalue weighted by Crippen LogP contribution is 2.37. The summed E-state index contributed by atoms with van der Waals surface area (Å²) in [7, 11) is 1.67. The minimum atomic E-state index is -0.467. The number of amides is 1. The zero-order chi connectivity index (χ0) is 17.0. The standard InChI is InChI=1S/C19H14ClNO3/c1-10-3-8-14-13(9-10)17(22)15-16(11-4-6-12(20)7-5-11)21(2)19(23)18(15)24-14/h3-9,16H,1-2H3/t16-/m0/s1. The fourth-order valence-corrected chi connectivity index (χ4v) is 3.36. The van der Waals surface area contributed by atoms with Crippen LogP contribution in [0, 0.1) is 6.92 Å². The Morgan fingerprint density at radius 2 is 1.79 bits per heavy atom. The van der Waals surface area contributed by atoms with Gasteiger partial charge >= 0.3 is 0 Å². The van der Waals surface area contributed by atoms with Gasteiger partial charge in [0.25, 0.3) is 5.91 Å². The second-order valence-electron chi connectivity index (χ2n) is 6.04. The fraction of sp³-hybridized carbons (Fsp3) is 0.158. The molecule has 24 heavy (non-hydrogen) atoms. The number of benzene rings is 2. The van der Waals surface area contributed by atoms with Crippen molar-refractivity contribution < 1.29 is 9.21 Å². The van der Waals surface area contributed by atoms with Crippen LogP contribution < -0.4 is 5.43 Å². The van der Waals surface area contributed by atoms with E-state index in [9.17, 15) is 9.59 Å². The van der Waals surface area contributed by atoms with Crippen molar-refractivity contribution in [1.82, 2.24) is 4.90 Å². The summed E-state index contributed by atoms with van der Waals surface area (Å²) in [5, 5.41) is 1.10. The zero-order valence-corrected chi connectivity index (χ0v) is 13.9. The smallest absolute Gasteiger partial charge is 0.290 e. The summed E-state index contributed by atoms with van der Waals surface area (Å²) in [6, 6.07) is 12.1. The Bertz CT molecular complexity index is 1040. The Morgan fingerprint density at radius 1 is 1.08 bits per heavy atom. The van der Waals surface area contributed by atoms with E-state index in [-0.39, 0.29) is 17.1 Å². The van der Waals surface area contributed by atoms with Crippen LogP contribution in [0.4, 0.5) is 0 Å². The van der Waals surface area contributed by atoms with Crippen LogP contribution in [0.1, 0.15) is 33.3 Å². The highest BCUT2D eigenvalue weighted by atomic mass is 35.5. The number of fused-ring (bicyclic) bond motifs is 2. The predicted molar refractivity (Wildman–Crippen MR) is 92.6 cm³/mol. The van der Waals surface area contributed by atoms with Gasteiger partial charge in [0, 0.05) is 12.1 Å². The lowest BCUT2D eigenvalue weighted by Gasteiger charge is -2.20. The lowest BCUT2D eigenvalue weighted by Crippen LogP contribution is -2.25. The zero-order valence-electron chi connectivity index (χ0n) is 13.2. The molecular formula is C19H14ClNO3. The lowest BCUT2D eigenvalue weighted by atomic mass is 9.98. The van der Waals surface area contributed by atoms with E-state index in [1.165, 1.54) is 4.90 Å². The van der Waals surface area contributed by atoms with E-state index in [1.54, 1.807) is 31.3 Å². The topological polar surface area (TPSA) is 50.5 Å². The van der Waals surface area contributed by atoms with Crippen LogP contribution in [-0.4, -0.2) is 17.9 Å². The van der Waals surface area contributed by atoms with Crippen molar-refractivity contribution in [3.8, 4) is 0 Å². The van der Waals surface area contributed by atoms with Gasteiger partial charge in [0.05, 0.1) is 17.0 Å². The van der Waals surface area contributed by atoms with Crippen LogP contribution in [0.25, 0.3) is 11.0 Å². The van der Waals surface area contributed by atoms with Crippen molar-refractivity contribution in [2.24, 2.45) is 0 Å². The minimum absolute atomic E-state index is 0.124. The molecule has 4 rings (SSSR count). The molecule has 1 atom stereocenters. The molecule has 0 unspecified atom stereocenters. The van der Waals surface area contributed by atoms with Crippen molar-refractivity contribution in [3.63, 3.8) is 0 Å². The van der Waals surface area contributed by atoms with Gasteiger partial charge in [0.2, 0.25) is 5.76 Å². The maximum atomic E-state index is 13.0. The molecule has 5 heteroatoms. The highest BCUT2D eigenvalue weighted by Gasteiger charge is 2.40. The molecule has 1 aromatic heterocycles. The molecular weight excluding hydrogens is 326 g/mol. The Morgan fingerprint density at radius 3 is 2.50 bits per heavy atom. The van der Waals surface area contributed by atoms with Crippen molar-refractivity contribution in [3.05, 3.63) is 80.2 Å². The molecule has 0 bridgehead atoms. The van der Waals surface area contributed by atoms with E-state index in [4.69, 9.17) is 16.0 Å². The number of nitrogens with zero attached hydrogens (tertiary/aromatic N) is 1. The van der Waals surface area contributed by atoms with Crippen molar-refractivity contribution in [2.75, 3.05) is 7.05 Å². The molecule has 3 aromatic rings. The van der Waals surface area contributed by atoms with Gasteiger partial charge in [-0.1, -0.05) is 35.4 Å². The summed E-state index contributed by atoms with van der Waals surface area (Å²) in [4.78, 5) is 27.2. The number of hydrogen-bond acceptors (Lipinski definition) is 3. The third-order valence-corrected chi connectivity index (χ3v) is 4.69. The summed E-state index contributed by atoms with van der Waals surface area (Å²) in [5.41, 5.74) is 2.46. The average molecular weight is 340 g/mol. The maximum absolute atomic E-state index is 13.0. The quantitative estimate of drug-likeness (QED) is 0.675. The van der Waals surface area contributed by atoms with Crippen molar-refractivity contribution >= 4 is 28.5 Å². The van der Waals surface area contributed by atoms with Crippen molar-refractivity contribution in [2.45, 2.75) is 13.0 Å². The molecule has 4 nitrogen and oxygen atoms in total. The third-order valence-electron chi connectivity index (χ3n) is 4.44. The summed E-state index contributed by atoms with van der Waals surface area (Å²) in [6.07, 6.45) is 0. The Kier molecular flexibility index (Phi) is 3.25. The Labute approximate surface area is 143 Å². The van der Waals surface area contributed by atoms with Crippen LogP contribution in [0.15, 0.2) is 51.7 Å². The number of halogens is 1. The first kappa shape index (κ1) is 15.0. The van der Waals surface area contributed by atoms with E-state index in [0.29, 0.717) is 21.6 Å². The number of carbonyl (C=O) groups is 1. The molecule has 2 heterocycles. The molecule has 0 aliphatic carbocycles. The van der Waals surface area contributed by atoms with E-state index in [0.717, 1.165) is 11.1 Å². The molecule has 0 saturated heterocycles. The van der Waals surface area contributed by atoms with Gasteiger partial charge < -0.3 is 9.32 Å². The molecule has 0 spiro atoms. The average Bonchev–Trinajstić information content (AvgIpc) is 2.82. The Hall–Kier alpha value is -2.59.